The van der Waals surface area contributed by atoms with E-state index in [-0.39, 0.29) is 7.43 Å². The van der Waals surface area contributed by atoms with Crippen LogP contribution in [0.25, 0.3) is 0 Å². The number of pyridine rings is 1. The molecule has 1 aromatic carbocycles. The summed E-state index contributed by atoms with van der Waals surface area (Å²) in [5.41, 5.74) is 4.97. The van der Waals surface area contributed by atoms with Crippen LogP contribution >= 0.6 is 0 Å². The number of aromatic nitrogens is 1. The van der Waals surface area contributed by atoms with Crippen molar-refractivity contribution in [2.75, 3.05) is 23.8 Å². The van der Waals surface area contributed by atoms with Crippen molar-refractivity contribution in [2.45, 2.75) is 21.3 Å². The molecule has 0 saturated carbocycles. The zero-order chi connectivity index (χ0) is 17.1. The van der Waals surface area contributed by atoms with Crippen LogP contribution in [0.2, 0.25) is 0 Å². The van der Waals surface area contributed by atoms with Crippen LogP contribution in [0.5, 0.6) is 11.5 Å². The van der Waals surface area contributed by atoms with Gasteiger partial charge in [-0.3, -0.25) is 0 Å². The van der Waals surface area contributed by atoms with Gasteiger partial charge < -0.3 is 20.1 Å². The number of hydrogen-bond donors (Lipinski definition) is 2. The minimum absolute atomic E-state index is 0. The zero-order valence-electron chi connectivity index (χ0n) is 14.0. The quantitative estimate of drug-likeness (QED) is 0.731. The largest absolute Gasteiger partial charge is 0.485 e. The van der Waals surface area contributed by atoms with Crippen LogP contribution < -0.4 is 20.1 Å². The Bertz CT molecular complexity index is 732. The Morgan fingerprint density at radius 1 is 0.920 bits per heavy atom. The third-order valence-electron chi connectivity index (χ3n) is 3.54. The van der Waals surface area contributed by atoms with Crippen LogP contribution in [-0.2, 0) is 0 Å². The minimum Gasteiger partial charge on any atom is -0.485 e. The molecule has 0 radical (unpaired) electrons. The summed E-state index contributed by atoms with van der Waals surface area (Å²) < 4.78 is 10.8. The normalized spacial score (nSPS) is 14.0. The van der Waals surface area contributed by atoms with Crippen molar-refractivity contribution in [1.82, 2.24) is 4.98 Å². The molecule has 0 saturated heterocycles. The number of aryl methyl sites for hydroxylation is 2. The van der Waals surface area contributed by atoms with E-state index in [1.54, 1.807) is 0 Å². The number of rotatable bonds is 0. The van der Waals surface area contributed by atoms with Crippen LogP contribution in [0.15, 0.2) is 54.9 Å². The molecule has 4 rings (SSSR count). The first-order chi connectivity index (χ1) is 11.5. The average molecular weight is 339 g/mol. The molecule has 2 aromatic rings. The fourth-order valence-electron chi connectivity index (χ4n) is 2.38. The molecule has 1 aromatic heterocycles. The van der Waals surface area contributed by atoms with Gasteiger partial charge in [-0.1, -0.05) is 26.7 Å². The van der Waals surface area contributed by atoms with Gasteiger partial charge in [-0.25, -0.2) is 4.98 Å². The van der Waals surface area contributed by atoms with E-state index in [2.05, 4.69) is 41.8 Å². The Balaban J connectivity index is 0.000000173. The highest BCUT2D eigenvalue weighted by Gasteiger charge is 2.12. The number of nitrogens with zero attached hydrogens (tertiary/aromatic N) is 1. The van der Waals surface area contributed by atoms with E-state index < -0.39 is 0 Å². The Labute approximate surface area is 149 Å². The molecule has 0 atom stereocenters. The molecule has 2 N–H and O–H groups in total. The first-order valence-electron chi connectivity index (χ1n) is 7.75. The molecule has 0 spiro atoms. The number of fused-ring (bicyclic) bond motifs is 2. The van der Waals surface area contributed by atoms with Crippen molar-refractivity contribution < 1.29 is 9.47 Å². The highest BCUT2D eigenvalue weighted by molar-refractivity contribution is 5.62. The summed E-state index contributed by atoms with van der Waals surface area (Å²) in [7, 11) is 0. The van der Waals surface area contributed by atoms with Crippen LogP contribution in [0.4, 0.5) is 11.5 Å². The van der Waals surface area contributed by atoms with E-state index in [4.69, 9.17) is 9.47 Å². The fraction of sp³-hybridized carbons (Fsp3) is 0.250. The third-order valence-corrected chi connectivity index (χ3v) is 3.54. The second-order valence-electron chi connectivity index (χ2n) is 5.83. The molecule has 25 heavy (non-hydrogen) atoms. The van der Waals surface area contributed by atoms with Crippen molar-refractivity contribution in [3.05, 3.63) is 66.1 Å². The topological polar surface area (TPSA) is 55.4 Å². The lowest BCUT2D eigenvalue weighted by Gasteiger charge is -2.20. The average Bonchev–Trinajstić information content (AvgIpc) is 2.54. The number of benzene rings is 1. The summed E-state index contributed by atoms with van der Waals surface area (Å²) in [6, 6.07) is 9.91. The molecule has 132 valence electrons. The second-order valence-corrected chi connectivity index (χ2v) is 5.83. The van der Waals surface area contributed by atoms with Crippen molar-refractivity contribution >= 4 is 11.5 Å². The van der Waals surface area contributed by atoms with Crippen molar-refractivity contribution in [3.63, 3.8) is 0 Å². The maximum absolute atomic E-state index is 5.43. The molecule has 0 amide bonds. The maximum atomic E-state index is 5.43. The molecule has 2 aliphatic heterocycles. The summed E-state index contributed by atoms with van der Waals surface area (Å²) in [4.78, 5) is 4.27. The summed E-state index contributed by atoms with van der Waals surface area (Å²) >= 11 is 0. The Kier molecular flexibility index (Phi) is 5.70. The summed E-state index contributed by atoms with van der Waals surface area (Å²) in [5.74, 6) is 2.48. The number of hydrogen-bond acceptors (Lipinski definition) is 5. The number of nitrogens with one attached hydrogen (secondary N) is 2. The predicted octanol–water partition coefficient (Wildman–Crippen LogP) is 4.66. The molecule has 5 nitrogen and oxygen atoms in total. The van der Waals surface area contributed by atoms with Crippen molar-refractivity contribution in [1.29, 1.82) is 0 Å². The Morgan fingerprint density at radius 2 is 1.56 bits per heavy atom. The lowest BCUT2D eigenvalue weighted by molar-refractivity contribution is 0.344. The molecular weight excluding hydrogens is 314 g/mol. The van der Waals surface area contributed by atoms with Gasteiger partial charge in [0.05, 0.1) is 5.69 Å². The van der Waals surface area contributed by atoms with Gasteiger partial charge in [0.15, 0.2) is 11.6 Å². The molecule has 0 aliphatic carbocycles. The second kappa shape index (κ2) is 7.75. The van der Waals surface area contributed by atoms with Crippen LogP contribution in [0.1, 0.15) is 18.7 Å². The third kappa shape index (κ3) is 4.53. The maximum Gasteiger partial charge on any atom is 0.173 e. The summed E-state index contributed by atoms with van der Waals surface area (Å²) in [6.45, 7) is 12.7. The monoisotopic (exact) mass is 339 g/mol. The molecule has 0 bridgehead atoms. The Hall–Kier alpha value is -2.95. The zero-order valence-corrected chi connectivity index (χ0v) is 14.0. The first kappa shape index (κ1) is 18.4. The van der Waals surface area contributed by atoms with Crippen LogP contribution in [0.3, 0.4) is 0 Å². The minimum atomic E-state index is 0. The predicted molar refractivity (Wildman–Crippen MR) is 103 cm³/mol. The van der Waals surface area contributed by atoms with Crippen molar-refractivity contribution in [2.24, 2.45) is 0 Å². The fourth-order valence-corrected chi connectivity index (χ4v) is 2.38. The SMILES string of the molecule is C.C=C1COc2ccc(C)cc2N1.C=C1COc2ccc(C)nc2N1. The van der Waals surface area contributed by atoms with Gasteiger partial charge in [-0.2, -0.15) is 0 Å². The smallest absolute Gasteiger partial charge is 0.173 e. The van der Waals surface area contributed by atoms with E-state index in [9.17, 15) is 0 Å². The van der Waals surface area contributed by atoms with Crippen molar-refractivity contribution in [3.8, 4) is 11.5 Å². The lowest BCUT2D eigenvalue weighted by atomic mass is 10.2. The molecule has 3 heterocycles. The van der Waals surface area contributed by atoms with Gasteiger partial charge in [0.25, 0.3) is 0 Å². The number of ether oxygens (including phenoxy) is 2. The van der Waals surface area contributed by atoms with E-state index in [0.717, 1.165) is 40.1 Å². The van der Waals surface area contributed by atoms with Gasteiger partial charge in [-0.15, -0.1) is 0 Å². The van der Waals surface area contributed by atoms with E-state index >= 15 is 0 Å². The van der Waals surface area contributed by atoms with Gasteiger partial charge in [0.1, 0.15) is 19.0 Å². The van der Waals surface area contributed by atoms with E-state index in [0.29, 0.717) is 13.2 Å². The highest BCUT2D eigenvalue weighted by atomic mass is 16.5. The van der Waals surface area contributed by atoms with E-state index in [1.807, 2.05) is 31.2 Å². The van der Waals surface area contributed by atoms with E-state index in [1.165, 1.54) is 5.56 Å². The lowest BCUT2D eigenvalue weighted by Crippen LogP contribution is -2.16. The summed E-state index contributed by atoms with van der Waals surface area (Å²) in [6.07, 6.45) is 0. The Morgan fingerprint density at radius 3 is 2.32 bits per heavy atom. The standard InChI is InChI=1S/C10H11NO.C9H10N2O.CH4/c1-7-3-4-10-9(5-7)11-8(2)6-12-10;1-6-3-4-8-9(10-6)11-7(2)5-12-8;/h3-5,11H,2,6H2,1H3;3-4H,2,5H2,1H3,(H,10,11);1H4. The van der Waals surface area contributed by atoms with Gasteiger partial charge in [0, 0.05) is 17.1 Å². The van der Waals surface area contributed by atoms with Gasteiger partial charge in [-0.05, 0) is 43.7 Å². The van der Waals surface area contributed by atoms with Crippen LogP contribution in [-0.4, -0.2) is 18.2 Å². The van der Waals surface area contributed by atoms with Crippen LogP contribution in [0, 0.1) is 13.8 Å². The van der Waals surface area contributed by atoms with Gasteiger partial charge >= 0.3 is 0 Å². The molecule has 2 aliphatic rings. The molecular formula is C20H25N3O2. The number of anilines is 2. The molecule has 0 fully saturated rings. The molecule has 0 unspecified atom stereocenters. The summed E-state index contributed by atoms with van der Waals surface area (Å²) in [5, 5.41) is 6.25. The highest BCUT2D eigenvalue weighted by Crippen LogP contribution is 2.30. The molecule has 5 heteroatoms. The van der Waals surface area contributed by atoms with Gasteiger partial charge in [0.2, 0.25) is 0 Å². The first-order valence-corrected chi connectivity index (χ1v) is 7.75.